The van der Waals surface area contributed by atoms with Crippen LogP contribution < -0.4 is 0 Å². The summed E-state index contributed by atoms with van der Waals surface area (Å²) in [6, 6.07) is 0. The van der Waals surface area contributed by atoms with Crippen LogP contribution in [-0.2, 0) is 4.79 Å². The van der Waals surface area contributed by atoms with E-state index in [2.05, 4.69) is 0 Å². The lowest BCUT2D eigenvalue weighted by molar-refractivity contribution is -0.113. The van der Waals surface area contributed by atoms with Crippen LogP contribution >= 0.6 is 0 Å². The van der Waals surface area contributed by atoms with Crippen LogP contribution in [-0.4, -0.2) is 5.78 Å². The van der Waals surface area contributed by atoms with E-state index in [9.17, 15) is 4.79 Å². The lowest BCUT2D eigenvalue weighted by Gasteiger charge is -1.96. The Bertz CT molecular complexity index is 185. The van der Waals surface area contributed by atoms with E-state index in [-0.39, 0.29) is 5.78 Å². The standard InChI is InChI=1S/C9H14O/c1-5-6-7(2)8(3)9(4)10/h5-6H,1-4H3/b6-5-,8-7-. The van der Waals surface area contributed by atoms with Crippen molar-refractivity contribution in [3.05, 3.63) is 23.3 Å². The maximum Gasteiger partial charge on any atom is 0.155 e. The summed E-state index contributed by atoms with van der Waals surface area (Å²) in [5.74, 6) is 0.149. The van der Waals surface area contributed by atoms with Gasteiger partial charge in [-0.05, 0) is 38.8 Å². The van der Waals surface area contributed by atoms with E-state index >= 15 is 0 Å². The summed E-state index contributed by atoms with van der Waals surface area (Å²) in [5.41, 5.74) is 1.90. The first kappa shape index (κ1) is 9.15. The summed E-state index contributed by atoms with van der Waals surface area (Å²) in [4.78, 5) is 10.8. The predicted molar refractivity (Wildman–Crippen MR) is 43.9 cm³/mol. The van der Waals surface area contributed by atoms with E-state index < -0.39 is 0 Å². The van der Waals surface area contributed by atoms with E-state index in [1.165, 1.54) is 0 Å². The minimum atomic E-state index is 0.149. The molecule has 0 saturated heterocycles. The highest BCUT2D eigenvalue weighted by Crippen LogP contribution is 2.04. The fourth-order valence-corrected chi connectivity index (χ4v) is 0.653. The monoisotopic (exact) mass is 138 g/mol. The maximum atomic E-state index is 10.8. The van der Waals surface area contributed by atoms with Crippen LogP contribution in [0.1, 0.15) is 27.7 Å². The van der Waals surface area contributed by atoms with Gasteiger partial charge in [0, 0.05) is 0 Å². The van der Waals surface area contributed by atoms with E-state index in [1.54, 1.807) is 6.92 Å². The molecule has 0 aliphatic carbocycles. The lowest BCUT2D eigenvalue weighted by Crippen LogP contribution is -1.93. The molecule has 10 heavy (non-hydrogen) atoms. The zero-order valence-electron chi connectivity index (χ0n) is 7.06. The Labute approximate surface area is 62.4 Å². The zero-order valence-corrected chi connectivity index (χ0v) is 7.06. The molecule has 0 saturated carbocycles. The van der Waals surface area contributed by atoms with Crippen molar-refractivity contribution in [2.24, 2.45) is 0 Å². The Kier molecular flexibility index (Phi) is 3.70. The van der Waals surface area contributed by atoms with Gasteiger partial charge >= 0.3 is 0 Å². The first-order valence-corrected chi connectivity index (χ1v) is 3.40. The lowest BCUT2D eigenvalue weighted by atomic mass is 10.1. The van der Waals surface area contributed by atoms with Gasteiger partial charge in [0.1, 0.15) is 0 Å². The number of allylic oxidation sites excluding steroid dienone is 4. The van der Waals surface area contributed by atoms with Gasteiger partial charge < -0.3 is 0 Å². The van der Waals surface area contributed by atoms with Gasteiger partial charge in [0.15, 0.2) is 5.78 Å². The zero-order chi connectivity index (χ0) is 8.15. The summed E-state index contributed by atoms with van der Waals surface area (Å²) < 4.78 is 0. The van der Waals surface area contributed by atoms with Gasteiger partial charge in [-0.2, -0.15) is 0 Å². The normalized spacial score (nSPS) is 13.6. The van der Waals surface area contributed by atoms with Crippen molar-refractivity contribution >= 4 is 5.78 Å². The van der Waals surface area contributed by atoms with Crippen LogP contribution in [0, 0.1) is 0 Å². The Morgan fingerprint density at radius 3 is 2.00 bits per heavy atom. The molecular weight excluding hydrogens is 124 g/mol. The van der Waals surface area contributed by atoms with E-state index in [4.69, 9.17) is 0 Å². The number of ketones is 1. The molecule has 0 bridgehead atoms. The average Bonchev–Trinajstić information content (AvgIpc) is 1.87. The van der Waals surface area contributed by atoms with Crippen LogP contribution in [0.25, 0.3) is 0 Å². The van der Waals surface area contributed by atoms with Gasteiger partial charge in [0.2, 0.25) is 0 Å². The minimum absolute atomic E-state index is 0.149. The molecule has 0 atom stereocenters. The van der Waals surface area contributed by atoms with Crippen LogP contribution in [0.2, 0.25) is 0 Å². The molecule has 0 radical (unpaired) electrons. The highest BCUT2D eigenvalue weighted by Gasteiger charge is 1.97. The molecule has 0 aliphatic heterocycles. The molecule has 1 nitrogen and oxygen atoms in total. The first-order valence-electron chi connectivity index (χ1n) is 3.40. The number of rotatable bonds is 2. The second-order valence-electron chi connectivity index (χ2n) is 2.36. The molecule has 0 aromatic carbocycles. The Morgan fingerprint density at radius 1 is 1.20 bits per heavy atom. The average molecular weight is 138 g/mol. The van der Waals surface area contributed by atoms with Gasteiger partial charge in [-0.3, -0.25) is 4.79 Å². The molecule has 0 aromatic rings. The van der Waals surface area contributed by atoms with Crippen molar-refractivity contribution in [1.29, 1.82) is 0 Å². The first-order chi connectivity index (χ1) is 4.59. The number of carbonyl (C=O) groups excluding carboxylic acids is 1. The molecule has 56 valence electrons. The molecule has 0 spiro atoms. The van der Waals surface area contributed by atoms with Gasteiger partial charge in [-0.25, -0.2) is 0 Å². The Balaban J connectivity index is 4.50. The second kappa shape index (κ2) is 4.04. The molecule has 0 fully saturated rings. The molecule has 0 heterocycles. The number of carbonyl (C=O) groups is 1. The highest BCUT2D eigenvalue weighted by atomic mass is 16.1. The van der Waals surface area contributed by atoms with Crippen molar-refractivity contribution in [2.45, 2.75) is 27.7 Å². The summed E-state index contributed by atoms with van der Waals surface area (Å²) >= 11 is 0. The summed E-state index contributed by atoms with van der Waals surface area (Å²) in [5, 5.41) is 0. The van der Waals surface area contributed by atoms with E-state index in [0.717, 1.165) is 11.1 Å². The molecule has 0 rings (SSSR count). The third kappa shape index (κ3) is 2.62. The quantitative estimate of drug-likeness (QED) is 0.423. The fraction of sp³-hybridized carbons (Fsp3) is 0.444. The summed E-state index contributed by atoms with van der Waals surface area (Å²) in [6.07, 6.45) is 3.87. The molecule has 1 heteroatoms. The summed E-state index contributed by atoms with van der Waals surface area (Å²) in [6.45, 7) is 7.31. The number of Topliss-reactive ketones (excluding diaryl/α,β-unsaturated/α-hetero) is 1. The molecule has 0 aliphatic rings. The highest BCUT2D eigenvalue weighted by molar-refractivity contribution is 5.93. The molecule has 0 amide bonds. The maximum absolute atomic E-state index is 10.8. The van der Waals surface area contributed by atoms with Crippen LogP contribution in [0.5, 0.6) is 0 Å². The van der Waals surface area contributed by atoms with E-state index in [1.807, 2.05) is 32.9 Å². The smallest absolute Gasteiger partial charge is 0.155 e. The number of hydrogen-bond acceptors (Lipinski definition) is 1. The van der Waals surface area contributed by atoms with Gasteiger partial charge in [0.25, 0.3) is 0 Å². The molecule has 0 unspecified atom stereocenters. The molecule has 0 aromatic heterocycles. The van der Waals surface area contributed by atoms with Crippen molar-refractivity contribution in [1.82, 2.24) is 0 Å². The van der Waals surface area contributed by atoms with E-state index in [0.29, 0.717) is 0 Å². The topological polar surface area (TPSA) is 17.1 Å². The Morgan fingerprint density at radius 2 is 1.70 bits per heavy atom. The van der Waals surface area contributed by atoms with Crippen LogP contribution in [0.15, 0.2) is 23.3 Å². The minimum Gasteiger partial charge on any atom is -0.295 e. The van der Waals surface area contributed by atoms with Crippen LogP contribution in [0.3, 0.4) is 0 Å². The van der Waals surface area contributed by atoms with Crippen molar-refractivity contribution in [2.75, 3.05) is 0 Å². The third-order valence-corrected chi connectivity index (χ3v) is 1.54. The number of hydrogen-bond donors (Lipinski definition) is 0. The fourth-order valence-electron chi connectivity index (χ4n) is 0.653. The Hall–Kier alpha value is -0.850. The van der Waals surface area contributed by atoms with Crippen molar-refractivity contribution < 1.29 is 4.79 Å². The predicted octanol–water partition coefficient (Wildman–Crippen LogP) is 2.49. The largest absolute Gasteiger partial charge is 0.295 e. The molecular formula is C9H14O. The third-order valence-electron chi connectivity index (χ3n) is 1.54. The molecule has 0 N–H and O–H groups in total. The second-order valence-corrected chi connectivity index (χ2v) is 2.36. The van der Waals surface area contributed by atoms with Crippen molar-refractivity contribution in [3.8, 4) is 0 Å². The SMILES string of the molecule is C/C=C\C(C)=C(\C)C(C)=O. The van der Waals surface area contributed by atoms with Gasteiger partial charge in [-0.1, -0.05) is 12.2 Å². The van der Waals surface area contributed by atoms with Crippen LogP contribution in [0.4, 0.5) is 0 Å². The summed E-state index contributed by atoms with van der Waals surface area (Å²) in [7, 11) is 0. The van der Waals surface area contributed by atoms with Crippen molar-refractivity contribution in [3.63, 3.8) is 0 Å². The van der Waals surface area contributed by atoms with Gasteiger partial charge in [-0.15, -0.1) is 0 Å². The van der Waals surface area contributed by atoms with Gasteiger partial charge in [0.05, 0.1) is 0 Å².